The lowest BCUT2D eigenvalue weighted by molar-refractivity contribution is 0.272. The van der Waals surface area contributed by atoms with Crippen LogP contribution >= 0.6 is 0 Å². The zero-order valence-electron chi connectivity index (χ0n) is 18.5. The molecule has 31 heavy (non-hydrogen) atoms. The van der Waals surface area contributed by atoms with Crippen molar-refractivity contribution >= 4 is 10.0 Å². The number of hydrogen-bond acceptors (Lipinski definition) is 3. The predicted octanol–water partition coefficient (Wildman–Crippen LogP) is 4.81. The highest BCUT2D eigenvalue weighted by atomic mass is 32.2. The molecule has 0 saturated carbocycles. The number of benzene rings is 2. The van der Waals surface area contributed by atoms with Crippen LogP contribution in [0, 0.1) is 5.92 Å². The van der Waals surface area contributed by atoms with E-state index >= 15 is 0 Å². The fourth-order valence-electron chi connectivity index (χ4n) is 4.22. The number of piperidine rings is 1. The van der Waals surface area contributed by atoms with Crippen LogP contribution in [0.15, 0.2) is 71.8 Å². The Balaban J connectivity index is 1.57. The molecule has 0 amide bonds. The second-order valence-electron chi connectivity index (χ2n) is 9.41. The van der Waals surface area contributed by atoms with Crippen LogP contribution in [-0.2, 0) is 21.9 Å². The van der Waals surface area contributed by atoms with Crippen LogP contribution in [0.4, 0.5) is 0 Å². The van der Waals surface area contributed by atoms with E-state index in [2.05, 4.69) is 24.3 Å². The van der Waals surface area contributed by atoms with Gasteiger partial charge >= 0.3 is 0 Å². The van der Waals surface area contributed by atoms with E-state index in [4.69, 9.17) is 5.10 Å². The fourth-order valence-corrected chi connectivity index (χ4v) is 6.01. The molecule has 4 rings (SSSR count). The number of rotatable bonds is 5. The van der Waals surface area contributed by atoms with Crippen molar-refractivity contribution < 1.29 is 8.42 Å². The average molecular weight is 438 g/mol. The summed E-state index contributed by atoms with van der Waals surface area (Å²) < 4.78 is 30.6. The summed E-state index contributed by atoms with van der Waals surface area (Å²) in [4.78, 5) is 0.324. The van der Waals surface area contributed by atoms with Gasteiger partial charge in [-0.2, -0.15) is 9.40 Å². The molecule has 0 bridgehead atoms. The van der Waals surface area contributed by atoms with Crippen LogP contribution in [0.3, 0.4) is 0 Å². The Kier molecular flexibility index (Phi) is 6.04. The van der Waals surface area contributed by atoms with Crippen molar-refractivity contribution in [3.05, 3.63) is 78.1 Å². The molecule has 0 aliphatic carbocycles. The Bertz CT molecular complexity index is 1110. The van der Waals surface area contributed by atoms with Crippen molar-refractivity contribution in [2.24, 2.45) is 5.92 Å². The molecule has 0 unspecified atom stereocenters. The first kappa shape index (κ1) is 21.8. The van der Waals surface area contributed by atoms with Gasteiger partial charge in [0.25, 0.3) is 0 Å². The Morgan fingerprint density at radius 1 is 0.935 bits per heavy atom. The number of sulfonamides is 1. The Labute approximate surface area is 185 Å². The van der Waals surface area contributed by atoms with Crippen LogP contribution in [0.1, 0.15) is 44.9 Å². The van der Waals surface area contributed by atoms with Gasteiger partial charge in [0.1, 0.15) is 4.90 Å². The highest BCUT2D eigenvalue weighted by Gasteiger charge is 2.36. The molecule has 1 aromatic heterocycles. The summed E-state index contributed by atoms with van der Waals surface area (Å²) in [5.74, 6) is 0.517. The molecule has 3 aromatic rings. The minimum Gasteiger partial charge on any atom is -0.239 e. The first-order valence-electron chi connectivity index (χ1n) is 10.9. The molecular weight excluding hydrogens is 406 g/mol. The first-order chi connectivity index (χ1) is 14.7. The molecule has 0 N–H and O–H groups in total. The van der Waals surface area contributed by atoms with Gasteiger partial charge in [-0.1, -0.05) is 69.3 Å². The molecule has 2 heterocycles. The largest absolute Gasteiger partial charge is 0.246 e. The molecule has 1 saturated heterocycles. The number of para-hydroxylation sites is 1. The van der Waals surface area contributed by atoms with Crippen molar-refractivity contribution in [3.8, 4) is 5.69 Å². The summed E-state index contributed by atoms with van der Waals surface area (Å²) in [5, 5.41) is 4.69. The normalized spacial score (nSPS) is 16.5. The Morgan fingerprint density at radius 2 is 1.52 bits per heavy atom. The topological polar surface area (TPSA) is 55.2 Å². The van der Waals surface area contributed by atoms with E-state index in [1.165, 1.54) is 5.56 Å². The molecule has 1 aliphatic heterocycles. The molecule has 1 aliphatic rings. The van der Waals surface area contributed by atoms with E-state index in [-0.39, 0.29) is 5.41 Å². The van der Waals surface area contributed by atoms with Crippen LogP contribution in [0.2, 0.25) is 0 Å². The minimum absolute atomic E-state index is 0.324. The van der Waals surface area contributed by atoms with E-state index in [9.17, 15) is 8.42 Å². The second-order valence-corrected chi connectivity index (χ2v) is 11.3. The van der Waals surface area contributed by atoms with E-state index in [1.807, 2.05) is 57.2 Å². The van der Waals surface area contributed by atoms with E-state index in [1.54, 1.807) is 15.2 Å². The third kappa shape index (κ3) is 4.75. The molecule has 6 heteroatoms. The highest BCUT2D eigenvalue weighted by molar-refractivity contribution is 7.89. The maximum absolute atomic E-state index is 13.6. The molecule has 5 nitrogen and oxygen atoms in total. The summed E-state index contributed by atoms with van der Waals surface area (Å²) in [7, 11) is -3.61. The number of aromatic nitrogens is 2. The second kappa shape index (κ2) is 8.60. The summed E-state index contributed by atoms with van der Waals surface area (Å²) in [6, 6.07) is 20.1. The summed E-state index contributed by atoms with van der Waals surface area (Å²) >= 11 is 0. The van der Waals surface area contributed by atoms with Crippen molar-refractivity contribution in [3.63, 3.8) is 0 Å². The van der Waals surface area contributed by atoms with Crippen molar-refractivity contribution in [1.29, 1.82) is 0 Å². The smallest absolute Gasteiger partial charge is 0.239 e. The summed E-state index contributed by atoms with van der Waals surface area (Å²) in [6.07, 6.45) is 4.45. The lowest BCUT2D eigenvalue weighted by atomic mass is 9.91. The summed E-state index contributed by atoms with van der Waals surface area (Å²) in [5.41, 5.74) is 2.41. The lowest BCUT2D eigenvalue weighted by Crippen LogP contribution is -2.39. The van der Waals surface area contributed by atoms with Crippen LogP contribution in [0.5, 0.6) is 0 Å². The van der Waals surface area contributed by atoms with Gasteiger partial charge in [-0.05, 0) is 42.9 Å². The lowest BCUT2D eigenvalue weighted by Gasteiger charge is -2.31. The number of nitrogens with zero attached hydrogens (tertiary/aromatic N) is 3. The SMILES string of the molecule is CC(C)(C)c1nn(-c2ccccc2)cc1S(=O)(=O)N1CCC(Cc2ccccc2)CC1. The van der Waals surface area contributed by atoms with Crippen molar-refractivity contribution in [2.45, 2.75) is 50.3 Å². The van der Waals surface area contributed by atoms with Gasteiger partial charge in [-0.3, -0.25) is 0 Å². The predicted molar refractivity (Wildman–Crippen MR) is 124 cm³/mol. The zero-order valence-corrected chi connectivity index (χ0v) is 19.3. The first-order valence-corrected chi connectivity index (χ1v) is 12.4. The van der Waals surface area contributed by atoms with Gasteiger partial charge in [0.05, 0.1) is 17.6 Å². The molecular formula is C25H31N3O2S. The fraction of sp³-hybridized carbons (Fsp3) is 0.400. The third-order valence-electron chi connectivity index (χ3n) is 5.97. The standard InChI is InChI=1S/C25H31N3O2S/c1-25(2,3)24-23(19-28(26-24)22-12-8-5-9-13-22)31(29,30)27-16-14-21(15-17-27)18-20-10-6-4-7-11-20/h4-13,19,21H,14-18H2,1-3H3. The van der Waals surface area contributed by atoms with Crippen molar-refractivity contribution in [1.82, 2.24) is 14.1 Å². The average Bonchev–Trinajstić information content (AvgIpc) is 3.23. The molecule has 1 fully saturated rings. The molecule has 0 spiro atoms. The van der Waals surface area contributed by atoms with Gasteiger partial charge in [0.2, 0.25) is 10.0 Å². The summed E-state index contributed by atoms with van der Waals surface area (Å²) in [6.45, 7) is 7.14. The van der Waals surface area contributed by atoms with Gasteiger partial charge in [0, 0.05) is 18.5 Å². The van der Waals surface area contributed by atoms with Crippen LogP contribution in [-0.4, -0.2) is 35.6 Å². The quantitative estimate of drug-likeness (QED) is 0.575. The maximum atomic E-state index is 13.6. The van der Waals surface area contributed by atoms with E-state index < -0.39 is 10.0 Å². The van der Waals surface area contributed by atoms with E-state index in [0.29, 0.717) is 29.6 Å². The Morgan fingerprint density at radius 3 is 2.10 bits per heavy atom. The monoisotopic (exact) mass is 437 g/mol. The number of hydrogen-bond donors (Lipinski definition) is 0. The molecule has 0 atom stereocenters. The van der Waals surface area contributed by atoms with Gasteiger partial charge < -0.3 is 0 Å². The molecule has 164 valence electrons. The van der Waals surface area contributed by atoms with E-state index in [0.717, 1.165) is 24.9 Å². The van der Waals surface area contributed by atoms with Gasteiger partial charge in [0.15, 0.2) is 0 Å². The highest BCUT2D eigenvalue weighted by Crippen LogP contribution is 2.33. The van der Waals surface area contributed by atoms with Crippen molar-refractivity contribution in [2.75, 3.05) is 13.1 Å². The van der Waals surface area contributed by atoms with Crippen LogP contribution < -0.4 is 0 Å². The Hall–Kier alpha value is -2.44. The molecule has 0 radical (unpaired) electrons. The molecule has 2 aromatic carbocycles. The van der Waals surface area contributed by atoms with Gasteiger partial charge in [-0.15, -0.1) is 0 Å². The third-order valence-corrected chi connectivity index (χ3v) is 7.87. The zero-order chi connectivity index (χ0) is 22.1. The van der Waals surface area contributed by atoms with Gasteiger partial charge in [-0.25, -0.2) is 13.1 Å². The minimum atomic E-state index is -3.61. The maximum Gasteiger partial charge on any atom is 0.246 e. The van der Waals surface area contributed by atoms with Crippen LogP contribution in [0.25, 0.3) is 5.69 Å².